The van der Waals surface area contributed by atoms with Gasteiger partial charge in [-0.25, -0.2) is 0 Å². The number of hydrogen-bond acceptors (Lipinski definition) is 3. The molecule has 1 aliphatic heterocycles. The molecule has 2 N–H and O–H groups in total. The molecule has 1 aliphatic rings. The Labute approximate surface area is 130 Å². The van der Waals surface area contributed by atoms with E-state index >= 15 is 0 Å². The van der Waals surface area contributed by atoms with Crippen molar-refractivity contribution in [3.8, 4) is 11.5 Å². The highest BCUT2D eigenvalue weighted by Crippen LogP contribution is 2.38. The van der Waals surface area contributed by atoms with Crippen LogP contribution >= 0.6 is 11.6 Å². The second kappa shape index (κ2) is 6.43. The van der Waals surface area contributed by atoms with Crippen LogP contribution in [0.1, 0.15) is 26.3 Å². The van der Waals surface area contributed by atoms with Gasteiger partial charge in [-0.3, -0.25) is 4.99 Å². The Bertz CT molecular complexity index is 538. The fraction of sp³-hybridized carbons (Fsp3) is 0.533. The molecule has 0 saturated carbocycles. The lowest BCUT2D eigenvalue weighted by molar-refractivity contribution is 0.171. The van der Waals surface area contributed by atoms with Gasteiger partial charge in [0, 0.05) is 19.1 Å². The molecule has 0 unspecified atom stereocenters. The normalized spacial score (nSPS) is 14.8. The van der Waals surface area contributed by atoms with Gasteiger partial charge in [0.05, 0.1) is 5.02 Å². The molecule has 2 rings (SSSR count). The lowest BCUT2D eigenvalue weighted by Gasteiger charge is -2.24. The average molecular weight is 312 g/mol. The van der Waals surface area contributed by atoms with Crippen molar-refractivity contribution in [2.24, 2.45) is 4.99 Å². The van der Waals surface area contributed by atoms with Gasteiger partial charge in [-0.2, -0.15) is 0 Å². The second-order valence-corrected chi connectivity index (χ2v) is 6.31. The Hall–Kier alpha value is -1.62. The predicted molar refractivity (Wildman–Crippen MR) is 85.5 cm³/mol. The van der Waals surface area contributed by atoms with E-state index in [1.54, 1.807) is 7.05 Å². The highest BCUT2D eigenvalue weighted by Gasteiger charge is 2.17. The molecule has 1 aromatic rings. The molecule has 1 aromatic carbocycles. The van der Waals surface area contributed by atoms with Crippen molar-refractivity contribution in [3.05, 3.63) is 22.7 Å². The van der Waals surface area contributed by atoms with Crippen LogP contribution in [-0.4, -0.2) is 31.8 Å². The van der Waals surface area contributed by atoms with Gasteiger partial charge in [-0.05, 0) is 38.5 Å². The Morgan fingerprint density at radius 3 is 2.67 bits per heavy atom. The first-order chi connectivity index (χ1) is 9.89. The first kappa shape index (κ1) is 15.8. The Balaban J connectivity index is 2.05. The van der Waals surface area contributed by atoms with Gasteiger partial charge in [-0.1, -0.05) is 11.6 Å². The fourth-order valence-electron chi connectivity index (χ4n) is 1.99. The first-order valence-corrected chi connectivity index (χ1v) is 7.34. The number of fused-ring (bicyclic) bond motifs is 1. The number of nitrogens with zero attached hydrogens (tertiary/aromatic N) is 1. The summed E-state index contributed by atoms with van der Waals surface area (Å²) in [5, 5.41) is 7.14. The van der Waals surface area contributed by atoms with Crippen LogP contribution < -0.4 is 20.1 Å². The van der Waals surface area contributed by atoms with Crippen LogP contribution in [0.3, 0.4) is 0 Å². The number of guanidine groups is 1. The summed E-state index contributed by atoms with van der Waals surface area (Å²) in [6.07, 6.45) is 0. The summed E-state index contributed by atoms with van der Waals surface area (Å²) in [6, 6.07) is 3.82. The lowest BCUT2D eigenvalue weighted by Crippen LogP contribution is -2.47. The molecule has 0 bridgehead atoms. The minimum atomic E-state index is -0.0493. The van der Waals surface area contributed by atoms with E-state index in [4.69, 9.17) is 21.1 Å². The van der Waals surface area contributed by atoms with E-state index in [9.17, 15) is 0 Å². The van der Waals surface area contributed by atoms with Crippen molar-refractivity contribution in [2.45, 2.75) is 32.9 Å². The molecule has 116 valence electrons. The molecule has 0 aliphatic carbocycles. The van der Waals surface area contributed by atoms with Gasteiger partial charge < -0.3 is 20.1 Å². The average Bonchev–Trinajstić information content (AvgIpc) is 2.42. The minimum Gasteiger partial charge on any atom is -0.486 e. The van der Waals surface area contributed by atoms with Crippen molar-refractivity contribution in [2.75, 3.05) is 20.3 Å². The van der Waals surface area contributed by atoms with Crippen LogP contribution in [0.5, 0.6) is 11.5 Å². The highest BCUT2D eigenvalue weighted by molar-refractivity contribution is 6.32. The van der Waals surface area contributed by atoms with Gasteiger partial charge in [0.25, 0.3) is 0 Å². The molecular weight excluding hydrogens is 290 g/mol. The number of halogens is 1. The SMILES string of the molecule is CN=C(NCc1cc(Cl)c2c(c1)OCCO2)NC(C)(C)C. The third-order valence-electron chi connectivity index (χ3n) is 2.83. The van der Waals surface area contributed by atoms with E-state index < -0.39 is 0 Å². The summed E-state index contributed by atoms with van der Waals surface area (Å²) in [5.41, 5.74) is 0.966. The van der Waals surface area contributed by atoms with Crippen molar-refractivity contribution < 1.29 is 9.47 Å². The van der Waals surface area contributed by atoms with Gasteiger partial charge in [0.1, 0.15) is 13.2 Å². The second-order valence-electron chi connectivity index (χ2n) is 5.90. The largest absolute Gasteiger partial charge is 0.486 e. The number of aliphatic imine (C=N–C) groups is 1. The summed E-state index contributed by atoms with van der Waals surface area (Å²) in [6.45, 7) is 7.94. The van der Waals surface area contributed by atoms with Crippen LogP contribution in [0.25, 0.3) is 0 Å². The lowest BCUT2D eigenvalue weighted by atomic mass is 10.1. The Morgan fingerprint density at radius 2 is 2.00 bits per heavy atom. The summed E-state index contributed by atoms with van der Waals surface area (Å²) in [7, 11) is 1.75. The molecule has 0 aromatic heterocycles. The Morgan fingerprint density at radius 1 is 1.29 bits per heavy atom. The van der Waals surface area contributed by atoms with E-state index in [2.05, 4.69) is 36.4 Å². The maximum atomic E-state index is 6.22. The zero-order chi connectivity index (χ0) is 15.5. The zero-order valence-electron chi connectivity index (χ0n) is 12.9. The molecule has 0 saturated heterocycles. The molecule has 21 heavy (non-hydrogen) atoms. The van der Waals surface area contributed by atoms with Crippen molar-refractivity contribution in [3.63, 3.8) is 0 Å². The summed E-state index contributed by atoms with van der Waals surface area (Å²) in [5.74, 6) is 2.07. The topological polar surface area (TPSA) is 54.9 Å². The summed E-state index contributed by atoms with van der Waals surface area (Å²) < 4.78 is 11.1. The van der Waals surface area contributed by atoms with Crippen LogP contribution in [0, 0.1) is 0 Å². The maximum absolute atomic E-state index is 6.22. The Kier molecular flexibility index (Phi) is 4.83. The van der Waals surface area contributed by atoms with Crippen molar-refractivity contribution in [1.29, 1.82) is 0 Å². The molecule has 0 fully saturated rings. The molecule has 5 nitrogen and oxygen atoms in total. The number of ether oxygens (including phenoxy) is 2. The predicted octanol–water partition coefficient (Wildman–Crippen LogP) is 2.57. The number of benzene rings is 1. The first-order valence-electron chi connectivity index (χ1n) is 6.96. The standard InChI is InChI=1S/C15H22ClN3O2/c1-15(2,3)19-14(17-4)18-9-10-7-11(16)13-12(8-10)20-5-6-21-13/h7-8H,5-6,9H2,1-4H3,(H2,17,18,19). The molecule has 0 spiro atoms. The van der Waals surface area contributed by atoms with E-state index in [-0.39, 0.29) is 5.54 Å². The van der Waals surface area contributed by atoms with Gasteiger partial charge in [-0.15, -0.1) is 0 Å². The highest BCUT2D eigenvalue weighted by atomic mass is 35.5. The minimum absolute atomic E-state index is 0.0493. The van der Waals surface area contributed by atoms with E-state index in [0.29, 0.717) is 36.3 Å². The summed E-state index contributed by atoms with van der Waals surface area (Å²) >= 11 is 6.22. The number of hydrogen-bond donors (Lipinski definition) is 2. The van der Waals surface area contributed by atoms with Crippen molar-refractivity contribution >= 4 is 17.6 Å². The zero-order valence-corrected chi connectivity index (χ0v) is 13.7. The third-order valence-corrected chi connectivity index (χ3v) is 3.11. The van der Waals surface area contributed by atoms with Gasteiger partial charge >= 0.3 is 0 Å². The molecule has 0 radical (unpaired) electrons. The summed E-state index contributed by atoms with van der Waals surface area (Å²) in [4.78, 5) is 4.20. The monoisotopic (exact) mass is 311 g/mol. The number of rotatable bonds is 2. The molecule has 1 heterocycles. The van der Waals surface area contributed by atoms with Crippen molar-refractivity contribution in [1.82, 2.24) is 10.6 Å². The van der Waals surface area contributed by atoms with Crippen LogP contribution in [0.15, 0.2) is 17.1 Å². The maximum Gasteiger partial charge on any atom is 0.191 e. The van der Waals surface area contributed by atoms with Crippen LogP contribution in [-0.2, 0) is 6.54 Å². The molecule has 6 heteroatoms. The third kappa shape index (κ3) is 4.43. The van der Waals surface area contributed by atoms with Crippen LogP contribution in [0.2, 0.25) is 5.02 Å². The quantitative estimate of drug-likeness (QED) is 0.651. The molecular formula is C15H22ClN3O2. The molecule has 0 atom stereocenters. The van der Waals surface area contributed by atoms with Gasteiger partial charge in [0.15, 0.2) is 17.5 Å². The van der Waals surface area contributed by atoms with E-state index in [1.165, 1.54) is 0 Å². The van der Waals surface area contributed by atoms with Gasteiger partial charge in [0.2, 0.25) is 0 Å². The van der Waals surface area contributed by atoms with E-state index in [0.717, 1.165) is 11.5 Å². The number of nitrogens with one attached hydrogen (secondary N) is 2. The van der Waals surface area contributed by atoms with E-state index in [1.807, 2.05) is 12.1 Å². The smallest absolute Gasteiger partial charge is 0.191 e. The van der Waals surface area contributed by atoms with Crippen LogP contribution in [0.4, 0.5) is 0 Å². The molecule has 0 amide bonds. The fourth-order valence-corrected chi connectivity index (χ4v) is 2.27.